The first-order valence-corrected chi connectivity index (χ1v) is 5.17. The zero-order valence-corrected chi connectivity index (χ0v) is 9.46. The van der Waals surface area contributed by atoms with E-state index in [1.807, 2.05) is 24.3 Å². The summed E-state index contributed by atoms with van der Waals surface area (Å²) < 4.78 is 0.716. The lowest BCUT2D eigenvalue weighted by molar-refractivity contribution is 1.17. The summed E-state index contributed by atoms with van der Waals surface area (Å²) in [6.07, 6.45) is 3.34. The Kier molecular flexibility index (Phi) is 2.79. The molecule has 70 valence electrons. The molecule has 0 fully saturated rings. The summed E-state index contributed by atoms with van der Waals surface area (Å²) in [5.41, 5.74) is 1.67. The van der Waals surface area contributed by atoms with E-state index in [1.54, 1.807) is 12.4 Å². The number of hydrogen-bond donors (Lipinski definition) is 0. The molecule has 2 rings (SSSR count). The lowest BCUT2D eigenvalue weighted by Gasteiger charge is -2.01. The SMILES string of the molecule is Clc1ccccc1-c1cnc(Br)cn1. The van der Waals surface area contributed by atoms with E-state index in [0.717, 1.165) is 11.3 Å². The van der Waals surface area contributed by atoms with Crippen molar-refractivity contribution >= 4 is 27.5 Å². The van der Waals surface area contributed by atoms with Crippen molar-refractivity contribution < 1.29 is 0 Å². The van der Waals surface area contributed by atoms with E-state index < -0.39 is 0 Å². The van der Waals surface area contributed by atoms with Crippen LogP contribution in [0.3, 0.4) is 0 Å². The lowest BCUT2D eigenvalue weighted by Crippen LogP contribution is -1.86. The molecule has 1 aromatic carbocycles. The lowest BCUT2D eigenvalue weighted by atomic mass is 10.2. The summed E-state index contributed by atoms with van der Waals surface area (Å²) >= 11 is 9.25. The highest BCUT2D eigenvalue weighted by Crippen LogP contribution is 2.25. The van der Waals surface area contributed by atoms with Gasteiger partial charge in [-0.25, -0.2) is 4.98 Å². The highest BCUT2D eigenvalue weighted by Gasteiger charge is 2.03. The van der Waals surface area contributed by atoms with Crippen molar-refractivity contribution in [2.24, 2.45) is 0 Å². The van der Waals surface area contributed by atoms with Gasteiger partial charge < -0.3 is 0 Å². The van der Waals surface area contributed by atoms with Crippen LogP contribution in [-0.4, -0.2) is 9.97 Å². The predicted molar refractivity (Wildman–Crippen MR) is 60.2 cm³/mol. The van der Waals surface area contributed by atoms with Gasteiger partial charge in [0.05, 0.1) is 23.1 Å². The zero-order chi connectivity index (χ0) is 9.97. The smallest absolute Gasteiger partial charge is 0.124 e. The van der Waals surface area contributed by atoms with Crippen LogP contribution >= 0.6 is 27.5 Å². The van der Waals surface area contributed by atoms with Gasteiger partial charge in [0, 0.05) is 5.56 Å². The second-order valence-corrected chi connectivity index (χ2v) is 3.92. The van der Waals surface area contributed by atoms with Gasteiger partial charge in [-0.3, -0.25) is 4.98 Å². The van der Waals surface area contributed by atoms with Gasteiger partial charge in [0.1, 0.15) is 4.60 Å². The Labute approximate surface area is 95.1 Å². The molecule has 2 aromatic rings. The van der Waals surface area contributed by atoms with Gasteiger partial charge in [-0.15, -0.1) is 0 Å². The maximum Gasteiger partial charge on any atom is 0.124 e. The molecule has 0 N–H and O–H groups in total. The average Bonchev–Trinajstić information content (AvgIpc) is 2.20. The van der Waals surface area contributed by atoms with Crippen LogP contribution in [0.4, 0.5) is 0 Å². The molecule has 14 heavy (non-hydrogen) atoms. The van der Waals surface area contributed by atoms with E-state index in [2.05, 4.69) is 25.9 Å². The molecule has 4 heteroatoms. The fourth-order valence-electron chi connectivity index (χ4n) is 1.12. The largest absolute Gasteiger partial charge is 0.252 e. The predicted octanol–water partition coefficient (Wildman–Crippen LogP) is 3.56. The van der Waals surface area contributed by atoms with Crippen LogP contribution in [0.15, 0.2) is 41.3 Å². The van der Waals surface area contributed by atoms with Gasteiger partial charge >= 0.3 is 0 Å². The van der Waals surface area contributed by atoms with Crippen molar-refractivity contribution in [3.63, 3.8) is 0 Å². The Hall–Kier alpha value is -0.930. The molecule has 0 saturated carbocycles. The molecule has 0 saturated heterocycles. The molecule has 0 amide bonds. The normalized spacial score (nSPS) is 10.1. The second-order valence-electron chi connectivity index (χ2n) is 2.70. The molecule has 2 nitrogen and oxygen atoms in total. The van der Waals surface area contributed by atoms with Crippen molar-refractivity contribution in [3.8, 4) is 11.3 Å². The molecule has 0 aliphatic heterocycles. The van der Waals surface area contributed by atoms with Gasteiger partial charge in [0.2, 0.25) is 0 Å². The average molecular weight is 270 g/mol. The van der Waals surface area contributed by atoms with Gasteiger partial charge in [-0.1, -0.05) is 29.8 Å². The first kappa shape index (κ1) is 9.62. The molecule has 0 radical (unpaired) electrons. The monoisotopic (exact) mass is 268 g/mol. The van der Waals surface area contributed by atoms with Crippen LogP contribution in [0.2, 0.25) is 5.02 Å². The van der Waals surface area contributed by atoms with Crippen molar-refractivity contribution in [1.82, 2.24) is 9.97 Å². The van der Waals surface area contributed by atoms with E-state index in [9.17, 15) is 0 Å². The third-order valence-electron chi connectivity index (χ3n) is 1.77. The molecule has 1 heterocycles. The molecular formula is C10H6BrClN2. The van der Waals surface area contributed by atoms with E-state index in [1.165, 1.54) is 0 Å². The van der Waals surface area contributed by atoms with Gasteiger partial charge in [-0.05, 0) is 22.0 Å². The first-order chi connectivity index (χ1) is 6.77. The van der Waals surface area contributed by atoms with Gasteiger partial charge in [0.25, 0.3) is 0 Å². The number of nitrogens with zero attached hydrogens (tertiary/aromatic N) is 2. The van der Waals surface area contributed by atoms with E-state index in [-0.39, 0.29) is 0 Å². The van der Waals surface area contributed by atoms with Crippen LogP contribution in [0.25, 0.3) is 11.3 Å². The first-order valence-electron chi connectivity index (χ1n) is 4.00. The maximum absolute atomic E-state index is 6.02. The Morgan fingerprint density at radius 1 is 1.07 bits per heavy atom. The second kappa shape index (κ2) is 4.07. The molecule has 0 aliphatic carbocycles. The Morgan fingerprint density at radius 3 is 2.50 bits per heavy atom. The third kappa shape index (κ3) is 1.94. The number of rotatable bonds is 1. The summed E-state index contributed by atoms with van der Waals surface area (Å²) in [7, 11) is 0. The molecular weight excluding hydrogens is 263 g/mol. The molecule has 0 unspecified atom stereocenters. The summed E-state index contributed by atoms with van der Waals surface area (Å²) in [6.45, 7) is 0. The summed E-state index contributed by atoms with van der Waals surface area (Å²) in [5, 5.41) is 0.684. The summed E-state index contributed by atoms with van der Waals surface area (Å²) in [4.78, 5) is 8.31. The van der Waals surface area contributed by atoms with Crippen LogP contribution < -0.4 is 0 Å². The topological polar surface area (TPSA) is 25.8 Å². The maximum atomic E-state index is 6.02. The molecule has 0 aliphatic rings. The fraction of sp³-hybridized carbons (Fsp3) is 0. The van der Waals surface area contributed by atoms with E-state index >= 15 is 0 Å². The van der Waals surface area contributed by atoms with Crippen LogP contribution in [0.5, 0.6) is 0 Å². The summed E-state index contributed by atoms with van der Waals surface area (Å²) in [6, 6.07) is 7.56. The van der Waals surface area contributed by atoms with Crippen LogP contribution in [0, 0.1) is 0 Å². The minimum Gasteiger partial charge on any atom is -0.252 e. The highest BCUT2D eigenvalue weighted by molar-refractivity contribution is 9.10. The zero-order valence-electron chi connectivity index (χ0n) is 7.11. The minimum atomic E-state index is 0.684. The van der Waals surface area contributed by atoms with Crippen LogP contribution in [0.1, 0.15) is 0 Å². The standard InChI is InChI=1S/C10H6BrClN2/c11-10-6-13-9(5-14-10)7-3-1-2-4-8(7)12/h1-6H. The Balaban J connectivity index is 2.50. The van der Waals surface area contributed by atoms with E-state index in [0.29, 0.717) is 9.63 Å². The number of benzene rings is 1. The molecule has 0 atom stereocenters. The quantitative estimate of drug-likeness (QED) is 0.791. The summed E-state index contributed by atoms with van der Waals surface area (Å²) in [5.74, 6) is 0. The van der Waals surface area contributed by atoms with Crippen molar-refractivity contribution in [2.45, 2.75) is 0 Å². The van der Waals surface area contributed by atoms with Crippen molar-refractivity contribution in [2.75, 3.05) is 0 Å². The van der Waals surface area contributed by atoms with Crippen molar-refractivity contribution in [3.05, 3.63) is 46.3 Å². The molecule has 1 aromatic heterocycles. The van der Waals surface area contributed by atoms with E-state index in [4.69, 9.17) is 11.6 Å². The number of hydrogen-bond acceptors (Lipinski definition) is 2. The Morgan fingerprint density at radius 2 is 1.86 bits per heavy atom. The molecule has 0 spiro atoms. The third-order valence-corrected chi connectivity index (χ3v) is 2.51. The minimum absolute atomic E-state index is 0.684. The van der Waals surface area contributed by atoms with Gasteiger partial charge in [0.15, 0.2) is 0 Å². The number of halogens is 2. The van der Waals surface area contributed by atoms with Crippen LogP contribution in [-0.2, 0) is 0 Å². The highest BCUT2D eigenvalue weighted by atomic mass is 79.9. The number of aromatic nitrogens is 2. The fourth-order valence-corrected chi connectivity index (χ4v) is 1.56. The molecule has 0 bridgehead atoms. The Bertz CT molecular complexity index is 442. The van der Waals surface area contributed by atoms with Gasteiger partial charge in [-0.2, -0.15) is 0 Å². The van der Waals surface area contributed by atoms with Crippen molar-refractivity contribution in [1.29, 1.82) is 0 Å².